The molecule has 25 heavy (non-hydrogen) atoms. The van der Waals surface area contributed by atoms with Crippen molar-refractivity contribution in [3.8, 4) is 0 Å². The van der Waals surface area contributed by atoms with Gasteiger partial charge in [-0.05, 0) is 48.6 Å². The smallest absolute Gasteiger partial charge is 0.226 e. The van der Waals surface area contributed by atoms with E-state index < -0.39 is 0 Å². The molecule has 3 unspecified atom stereocenters. The second kappa shape index (κ2) is 6.40. The number of hydrogen-bond acceptors (Lipinski definition) is 3. The fourth-order valence-electron chi connectivity index (χ4n) is 5.34. The van der Waals surface area contributed by atoms with Crippen molar-refractivity contribution in [2.75, 3.05) is 26.2 Å². The van der Waals surface area contributed by atoms with Crippen molar-refractivity contribution in [3.05, 3.63) is 42.2 Å². The Balaban J connectivity index is 0.00000157. The first-order chi connectivity index (χ1) is 11.8. The van der Waals surface area contributed by atoms with Crippen molar-refractivity contribution < 1.29 is 4.79 Å². The normalized spacial score (nSPS) is 32.0. The molecule has 0 N–H and O–H groups in total. The minimum atomic E-state index is 0. The molecule has 5 heteroatoms. The summed E-state index contributed by atoms with van der Waals surface area (Å²) >= 11 is 0. The summed E-state index contributed by atoms with van der Waals surface area (Å²) in [6.45, 7) is 4.56. The van der Waals surface area contributed by atoms with E-state index in [0.29, 0.717) is 23.2 Å². The van der Waals surface area contributed by atoms with Crippen LogP contribution in [0.2, 0.25) is 0 Å². The first-order valence-corrected chi connectivity index (χ1v) is 9.36. The maximum atomic E-state index is 13.0. The van der Waals surface area contributed by atoms with Gasteiger partial charge in [0, 0.05) is 44.8 Å². The Morgan fingerprint density at radius 2 is 1.96 bits per heavy atom. The van der Waals surface area contributed by atoms with E-state index in [4.69, 9.17) is 0 Å². The van der Waals surface area contributed by atoms with E-state index in [0.717, 1.165) is 44.8 Å². The van der Waals surface area contributed by atoms with E-state index >= 15 is 0 Å². The third-order valence-electron chi connectivity index (χ3n) is 6.83. The van der Waals surface area contributed by atoms with Crippen molar-refractivity contribution in [1.82, 2.24) is 14.8 Å². The molecule has 2 heterocycles. The van der Waals surface area contributed by atoms with Crippen molar-refractivity contribution in [3.63, 3.8) is 0 Å². The molecule has 3 atom stereocenters. The van der Waals surface area contributed by atoms with Crippen LogP contribution in [0.15, 0.2) is 36.5 Å². The van der Waals surface area contributed by atoms with Gasteiger partial charge in [-0.25, -0.2) is 0 Å². The first-order valence-electron chi connectivity index (χ1n) is 9.36. The molecule has 134 valence electrons. The molecule has 0 aromatic carbocycles. The lowest BCUT2D eigenvalue weighted by molar-refractivity contribution is -0.138. The summed E-state index contributed by atoms with van der Waals surface area (Å²) in [7, 11) is 0. The fraction of sp³-hybridized carbons (Fsp3) is 0.600. The largest absolute Gasteiger partial charge is 0.340 e. The molecule has 1 aliphatic heterocycles. The lowest BCUT2D eigenvalue weighted by Crippen LogP contribution is -2.50. The van der Waals surface area contributed by atoms with Gasteiger partial charge in [0.25, 0.3) is 0 Å². The maximum Gasteiger partial charge on any atom is 0.226 e. The van der Waals surface area contributed by atoms with Crippen LogP contribution < -0.4 is 0 Å². The van der Waals surface area contributed by atoms with Gasteiger partial charge in [-0.3, -0.25) is 14.7 Å². The molecule has 1 aromatic heterocycles. The zero-order valence-corrected chi connectivity index (χ0v) is 15.3. The molecule has 4 nitrogen and oxygen atoms in total. The monoisotopic (exact) mass is 359 g/mol. The number of hydrogen-bond donors (Lipinski definition) is 0. The third-order valence-corrected chi connectivity index (χ3v) is 6.83. The Kier molecular flexibility index (Phi) is 4.37. The number of amides is 1. The maximum absolute atomic E-state index is 13.0. The highest BCUT2D eigenvalue weighted by molar-refractivity contribution is 5.85. The number of allylic oxidation sites excluding steroid dienone is 2. The van der Waals surface area contributed by atoms with Gasteiger partial charge in [0.2, 0.25) is 5.91 Å². The van der Waals surface area contributed by atoms with Gasteiger partial charge >= 0.3 is 0 Å². The zero-order chi connectivity index (χ0) is 16.1. The molecule has 2 saturated carbocycles. The molecule has 0 radical (unpaired) electrons. The fourth-order valence-corrected chi connectivity index (χ4v) is 5.34. The third kappa shape index (κ3) is 2.80. The van der Waals surface area contributed by atoms with E-state index in [-0.39, 0.29) is 18.3 Å². The molecule has 1 spiro atoms. The molecule has 1 aromatic rings. The number of piperazine rings is 1. The summed E-state index contributed by atoms with van der Waals surface area (Å²) in [6.07, 6.45) is 10.4. The average Bonchev–Trinajstić information content (AvgIpc) is 3.29. The van der Waals surface area contributed by atoms with Gasteiger partial charge in [-0.2, -0.15) is 0 Å². The second-order valence-corrected chi connectivity index (χ2v) is 8.02. The summed E-state index contributed by atoms with van der Waals surface area (Å²) in [6, 6.07) is 6.07. The Hall–Kier alpha value is -1.39. The predicted octanol–water partition coefficient (Wildman–Crippen LogP) is 2.75. The van der Waals surface area contributed by atoms with E-state index in [1.165, 1.54) is 12.8 Å². The molecule has 1 amide bonds. The van der Waals surface area contributed by atoms with Gasteiger partial charge < -0.3 is 4.90 Å². The van der Waals surface area contributed by atoms with Crippen molar-refractivity contribution in [2.24, 2.45) is 23.2 Å². The van der Waals surface area contributed by atoms with Crippen LogP contribution in [-0.2, 0) is 11.3 Å². The number of aromatic nitrogens is 1. The van der Waals surface area contributed by atoms with Crippen molar-refractivity contribution in [1.29, 1.82) is 0 Å². The van der Waals surface area contributed by atoms with Crippen LogP contribution in [0.1, 0.15) is 25.0 Å². The summed E-state index contributed by atoms with van der Waals surface area (Å²) in [5.74, 6) is 1.93. The van der Waals surface area contributed by atoms with Crippen LogP contribution in [0.4, 0.5) is 0 Å². The highest BCUT2D eigenvalue weighted by Crippen LogP contribution is 2.70. The number of rotatable bonds is 3. The second-order valence-electron chi connectivity index (χ2n) is 8.02. The molecule has 3 aliphatic carbocycles. The lowest BCUT2D eigenvalue weighted by atomic mass is 9.88. The SMILES string of the molecule is Cl.O=C(C1CC2C=CC1C21CC1)N1CCN(Cc2ccccn2)CC1. The van der Waals surface area contributed by atoms with Crippen LogP contribution in [-0.4, -0.2) is 46.9 Å². The lowest BCUT2D eigenvalue weighted by Gasteiger charge is -2.36. The number of carbonyl (C=O) groups is 1. The predicted molar refractivity (Wildman–Crippen MR) is 99.2 cm³/mol. The minimum Gasteiger partial charge on any atom is -0.340 e. The molecule has 3 fully saturated rings. The van der Waals surface area contributed by atoms with Gasteiger partial charge in [0.1, 0.15) is 0 Å². The summed E-state index contributed by atoms with van der Waals surface area (Å²) < 4.78 is 0. The highest BCUT2D eigenvalue weighted by atomic mass is 35.5. The molecule has 2 bridgehead atoms. The van der Waals surface area contributed by atoms with E-state index in [9.17, 15) is 4.79 Å². The van der Waals surface area contributed by atoms with E-state index in [1.807, 2.05) is 18.3 Å². The van der Waals surface area contributed by atoms with Gasteiger partial charge in [-0.1, -0.05) is 18.2 Å². The molecule has 4 aliphatic rings. The highest BCUT2D eigenvalue weighted by Gasteiger charge is 2.64. The Morgan fingerprint density at radius 3 is 2.60 bits per heavy atom. The van der Waals surface area contributed by atoms with Crippen LogP contribution in [0.25, 0.3) is 0 Å². The number of pyridine rings is 1. The van der Waals surface area contributed by atoms with Crippen molar-refractivity contribution >= 4 is 18.3 Å². The van der Waals surface area contributed by atoms with Gasteiger partial charge in [0.05, 0.1) is 5.69 Å². The Bertz CT molecular complexity index is 665. The van der Waals surface area contributed by atoms with Crippen molar-refractivity contribution in [2.45, 2.75) is 25.8 Å². The first kappa shape index (κ1) is 17.0. The Labute approximate surface area is 155 Å². The molecular weight excluding hydrogens is 334 g/mol. The summed E-state index contributed by atoms with van der Waals surface area (Å²) in [5, 5.41) is 0. The minimum absolute atomic E-state index is 0. The Morgan fingerprint density at radius 1 is 1.16 bits per heavy atom. The van der Waals surface area contributed by atoms with Crippen LogP contribution in [0, 0.1) is 23.2 Å². The van der Waals surface area contributed by atoms with E-state index in [1.54, 1.807) is 0 Å². The van der Waals surface area contributed by atoms with Crippen LogP contribution in [0.5, 0.6) is 0 Å². The zero-order valence-electron chi connectivity index (χ0n) is 14.5. The standard InChI is InChI=1S/C20H25N3O.ClH/c24-19(17-13-15-4-5-18(17)20(15)6-7-20)23-11-9-22(10-12-23)14-16-3-1-2-8-21-16;/h1-5,8,15,17-18H,6-7,9-14H2;1H. The van der Waals surface area contributed by atoms with Crippen LogP contribution in [0.3, 0.4) is 0 Å². The summed E-state index contributed by atoms with van der Waals surface area (Å²) in [5.41, 5.74) is 1.63. The van der Waals surface area contributed by atoms with Gasteiger partial charge in [0.15, 0.2) is 0 Å². The number of halogens is 1. The quantitative estimate of drug-likeness (QED) is 0.779. The molecule has 1 saturated heterocycles. The number of carbonyl (C=O) groups excluding carboxylic acids is 1. The average molecular weight is 360 g/mol. The van der Waals surface area contributed by atoms with E-state index in [2.05, 4.69) is 33.0 Å². The topological polar surface area (TPSA) is 36.4 Å². The molecular formula is C20H26ClN3O. The van der Waals surface area contributed by atoms with Gasteiger partial charge in [-0.15, -0.1) is 12.4 Å². The number of nitrogens with zero attached hydrogens (tertiary/aromatic N) is 3. The summed E-state index contributed by atoms with van der Waals surface area (Å²) in [4.78, 5) is 22.0. The van der Waals surface area contributed by atoms with Crippen LogP contribution >= 0.6 is 12.4 Å². The molecule has 5 rings (SSSR count).